The predicted molar refractivity (Wildman–Crippen MR) is 78.7 cm³/mol. The van der Waals surface area contributed by atoms with Gasteiger partial charge in [-0.1, -0.05) is 30.3 Å². The molecule has 1 N–H and O–H groups in total. The first kappa shape index (κ1) is 12.5. The van der Waals surface area contributed by atoms with E-state index in [2.05, 4.69) is 59.2 Å². The van der Waals surface area contributed by atoms with Gasteiger partial charge in [0.25, 0.3) is 0 Å². The van der Waals surface area contributed by atoms with Crippen LogP contribution in [0.2, 0.25) is 0 Å². The summed E-state index contributed by atoms with van der Waals surface area (Å²) in [4.78, 5) is 2.93. The normalized spacial score (nSPS) is 33.1. The minimum atomic E-state index is 0.340. The van der Waals surface area contributed by atoms with Gasteiger partial charge in [-0.3, -0.25) is 10.2 Å². The zero-order valence-corrected chi connectivity index (χ0v) is 11.9. The molecule has 0 radical (unpaired) electrons. The molecule has 0 aliphatic carbocycles. The van der Waals surface area contributed by atoms with Crippen molar-refractivity contribution in [2.45, 2.75) is 37.2 Å². The summed E-state index contributed by atoms with van der Waals surface area (Å²) in [5.74, 6) is 1.31. The average Bonchev–Trinajstić information content (AvgIpc) is 2.73. The summed E-state index contributed by atoms with van der Waals surface area (Å²) in [6, 6.07) is 11.5. The van der Waals surface area contributed by atoms with E-state index in [0.717, 1.165) is 6.54 Å². The van der Waals surface area contributed by atoms with Crippen molar-refractivity contribution in [2.75, 3.05) is 18.8 Å². The maximum atomic E-state index is 3.83. The molecule has 0 saturated carbocycles. The van der Waals surface area contributed by atoms with Crippen molar-refractivity contribution >= 4 is 11.8 Å². The fourth-order valence-electron chi connectivity index (χ4n) is 3.06. The van der Waals surface area contributed by atoms with Crippen molar-refractivity contribution in [3.8, 4) is 0 Å². The molecule has 1 aromatic rings. The van der Waals surface area contributed by atoms with E-state index < -0.39 is 0 Å². The van der Waals surface area contributed by atoms with Crippen molar-refractivity contribution in [3.05, 3.63) is 35.9 Å². The van der Waals surface area contributed by atoms with E-state index in [-0.39, 0.29) is 0 Å². The summed E-state index contributed by atoms with van der Waals surface area (Å²) in [6.45, 7) is 5.83. The Bertz CT molecular complexity index is 395. The SMILES string of the molecule is CC1CCSC2(CCN(Cc3ccccc3)C2)N1. The minimum Gasteiger partial charge on any atom is -0.299 e. The molecule has 3 rings (SSSR count). The van der Waals surface area contributed by atoms with Gasteiger partial charge < -0.3 is 0 Å². The molecule has 2 atom stereocenters. The van der Waals surface area contributed by atoms with Crippen molar-refractivity contribution in [1.82, 2.24) is 10.2 Å². The fourth-order valence-corrected chi connectivity index (χ4v) is 4.72. The predicted octanol–water partition coefficient (Wildman–Crippen LogP) is 2.70. The average molecular weight is 262 g/mol. The summed E-state index contributed by atoms with van der Waals surface area (Å²) in [5, 5.41) is 3.83. The number of rotatable bonds is 2. The fraction of sp³-hybridized carbons (Fsp3) is 0.600. The Kier molecular flexibility index (Phi) is 3.64. The molecule has 2 aliphatic heterocycles. The van der Waals surface area contributed by atoms with Gasteiger partial charge in [-0.15, -0.1) is 11.8 Å². The number of thioether (sulfide) groups is 1. The third kappa shape index (κ3) is 2.73. The van der Waals surface area contributed by atoms with Crippen LogP contribution in [0.5, 0.6) is 0 Å². The summed E-state index contributed by atoms with van der Waals surface area (Å²) in [7, 11) is 0. The molecule has 2 unspecified atom stereocenters. The van der Waals surface area contributed by atoms with Gasteiger partial charge in [0.05, 0.1) is 4.87 Å². The Balaban J connectivity index is 1.61. The van der Waals surface area contributed by atoms with Gasteiger partial charge in [-0.2, -0.15) is 0 Å². The smallest absolute Gasteiger partial charge is 0.0788 e. The summed E-state index contributed by atoms with van der Waals surface area (Å²) in [6.07, 6.45) is 2.60. The molecule has 1 aromatic carbocycles. The highest BCUT2D eigenvalue weighted by Gasteiger charge is 2.41. The van der Waals surface area contributed by atoms with E-state index in [0.29, 0.717) is 10.9 Å². The van der Waals surface area contributed by atoms with Gasteiger partial charge in [0, 0.05) is 25.7 Å². The first-order valence-electron chi connectivity index (χ1n) is 6.94. The molecular formula is C15H22N2S. The van der Waals surface area contributed by atoms with E-state index in [1.165, 1.54) is 37.2 Å². The first-order valence-corrected chi connectivity index (χ1v) is 7.92. The van der Waals surface area contributed by atoms with Crippen LogP contribution in [0, 0.1) is 0 Å². The van der Waals surface area contributed by atoms with Crippen LogP contribution < -0.4 is 5.32 Å². The van der Waals surface area contributed by atoms with Crippen molar-refractivity contribution in [3.63, 3.8) is 0 Å². The number of benzene rings is 1. The Morgan fingerprint density at radius 1 is 1.39 bits per heavy atom. The topological polar surface area (TPSA) is 15.3 Å². The zero-order valence-electron chi connectivity index (χ0n) is 11.1. The Morgan fingerprint density at radius 3 is 3.00 bits per heavy atom. The maximum absolute atomic E-state index is 3.83. The van der Waals surface area contributed by atoms with Crippen LogP contribution in [-0.2, 0) is 6.54 Å². The van der Waals surface area contributed by atoms with Gasteiger partial charge in [0.2, 0.25) is 0 Å². The van der Waals surface area contributed by atoms with Crippen LogP contribution >= 0.6 is 11.8 Å². The van der Waals surface area contributed by atoms with Crippen LogP contribution in [0.15, 0.2) is 30.3 Å². The van der Waals surface area contributed by atoms with E-state index >= 15 is 0 Å². The summed E-state index contributed by atoms with van der Waals surface area (Å²) in [5.41, 5.74) is 1.43. The third-order valence-corrected chi connectivity index (χ3v) is 5.44. The molecule has 2 fully saturated rings. The van der Waals surface area contributed by atoms with Crippen LogP contribution in [-0.4, -0.2) is 34.7 Å². The van der Waals surface area contributed by atoms with Gasteiger partial charge in [0.1, 0.15) is 0 Å². The van der Waals surface area contributed by atoms with E-state index in [1.807, 2.05) is 0 Å². The largest absolute Gasteiger partial charge is 0.299 e. The maximum Gasteiger partial charge on any atom is 0.0788 e. The lowest BCUT2D eigenvalue weighted by Gasteiger charge is -2.38. The van der Waals surface area contributed by atoms with Crippen molar-refractivity contribution < 1.29 is 0 Å². The van der Waals surface area contributed by atoms with Crippen LogP contribution in [0.4, 0.5) is 0 Å². The van der Waals surface area contributed by atoms with Crippen molar-refractivity contribution in [2.24, 2.45) is 0 Å². The van der Waals surface area contributed by atoms with Gasteiger partial charge >= 0.3 is 0 Å². The number of nitrogens with one attached hydrogen (secondary N) is 1. The van der Waals surface area contributed by atoms with E-state index in [9.17, 15) is 0 Å². The molecule has 1 spiro atoms. The number of likely N-dealkylation sites (tertiary alicyclic amines) is 1. The molecule has 0 aromatic heterocycles. The van der Waals surface area contributed by atoms with Gasteiger partial charge in [-0.25, -0.2) is 0 Å². The number of nitrogens with zero attached hydrogens (tertiary/aromatic N) is 1. The second-order valence-corrected chi connectivity index (χ2v) is 7.10. The number of hydrogen-bond acceptors (Lipinski definition) is 3. The van der Waals surface area contributed by atoms with Gasteiger partial charge in [-0.05, 0) is 31.1 Å². The molecule has 3 heteroatoms. The number of hydrogen-bond donors (Lipinski definition) is 1. The lowest BCUT2D eigenvalue weighted by Crippen LogP contribution is -2.52. The first-order chi connectivity index (χ1) is 8.76. The van der Waals surface area contributed by atoms with E-state index in [4.69, 9.17) is 0 Å². The highest BCUT2D eigenvalue weighted by molar-refractivity contribution is 8.00. The Labute approximate surface area is 114 Å². The minimum absolute atomic E-state index is 0.340. The second-order valence-electron chi connectivity index (χ2n) is 5.62. The van der Waals surface area contributed by atoms with E-state index in [1.54, 1.807) is 0 Å². The molecule has 98 valence electrons. The lowest BCUT2D eigenvalue weighted by molar-refractivity contribution is 0.303. The monoisotopic (exact) mass is 262 g/mol. The molecular weight excluding hydrogens is 240 g/mol. The quantitative estimate of drug-likeness (QED) is 0.882. The van der Waals surface area contributed by atoms with Crippen molar-refractivity contribution in [1.29, 1.82) is 0 Å². The summed E-state index contributed by atoms with van der Waals surface area (Å²) < 4.78 is 0. The standard InChI is InChI=1S/C15H22N2S/c1-13-7-10-18-15(16-13)8-9-17(12-15)11-14-5-3-2-4-6-14/h2-6,13,16H,7-12H2,1H3. The molecule has 18 heavy (non-hydrogen) atoms. The second kappa shape index (κ2) is 5.24. The van der Waals surface area contributed by atoms with Crippen LogP contribution in [0.25, 0.3) is 0 Å². The Hall–Kier alpha value is -0.510. The summed E-state index contributed by atoms with van der Waals surface area (Å²) >= 11 is 2.14. The molecule has 0 bridgehead atoms. The molecule has 2 nitrogen and oxygen atoms in total. The van der Waals surface area contributed by atoms with Crippen LogP contribution in [0.1, 0.15) is 25.3 Å². The zero-order chi connectivity index (χ0) is 12.4. The molecule has 2 saturated heterocycles. The van der Waals surface area contributed by atoms with Crippen LogP contribution in [0.3, 0.4) is 0 Å². The third-order valence-electron chi connectivity index (χ3n) is 4.00. The van der Waals surface area contributed by atoms with Gasteiger partial charge in [0.15, 0.2) is 0 Å². The Morgan fingerprint density at radius 2 is 2.22 bits per heavy atom. The highest BCUT2D eigenvalue weighted by atomic mass is 32.2. The lowest BCUT2D eigenvalue weighted by atomic mass is 10.1. The molecule has 0 amide bonds. The molecule has 2 heterocycles. The molecule has 2 aliphatic rings. The highest BCUT2D eigenvalue weighted by Crippen LogP contribution is 2.37.